The van der Waals surface area contributed by atoms with Gasteiger partial charge in [0.25, 0.3) is 0 Å². The number of alkyl halides is 2. The third-order valence-corrected chi connectivity index (χ3v) is 4.54. The molecule has 3 heteroatoms. The average Bonchev–Trinajstić information content (AvgIpc) is 2.28. The van der Waals surface area contributed by atoms with Gasteiger partial charge in [-0.2, -0.15) is 0 Å². The Balaban J connectivity index is 1.94. The molecular formula is C13H22F2O. The molecule has 0 heterocycles. The predicted octanol–water partition coefficient (Wildman–Crippen LogP) is 3.26. The van der Waals surface area contributed by atoms with Crippen LogP contribution in [0.2, 0.25) is 0 Å². The minimum Gasteiger partial charge on any atom is -0.390 e. The van der Waals surface area contributed by atoms with Crippen LogP contribution in [0.5, 0.6) is 0 Å². The molecule has 0 aromatic rings. The molecule has 4 unspecified atom stereocenters. The highest BCUT2D eigenvalue weighted by Crippen LogP contribution is 2.41. The zero-order valence-electron chi connectivity index (χ0n) is 9.91. The second kappa shape index (κ2) is 4.99. The lowest BCUT2D eigenvalue weighted by atomic mass is 9.69. The van der Waals surface area contributed by atoms with Crippen LogP contribution < -0.4 is 0 Å². The summed E-state index contributed by atoms with van der Waals surface area (Å²) in [5, 5.41) is 9.29. The van der Waals surface area contributed by atoms with Gasteiger partial charge in [-0.15, -0.1) is 0 Å². The monoisotopic (exact) mass is 232 g/mol. The van der Waals surface area contributed by atoms with Crippen molar-refractivity contribution in [2.75, 3.05) is 0 Å². The Morgan fingerprint density at radius 1 is 0.875 bits per heavy atom. The van der Waals surface area contributed by atoms with Crippen LogP contribution in [0.1, 0.15) is 45.4 Å². The Kier molecular flexibility index (Phi) is 3.83. The summed E-state index contributed by atoms with van der Waals surface area (Å²) in [5.74, 6) is 0.938. The van der Waals surface area contributed by atoms with E-state index in [-0.39, 0.29) is 5.92 Å². The van der Waals surface area contributed by atoms with E-state index in [1.54, 1.807) is 0 Å². The van der Waals surface area contributed by atoms with Crippen molar-refractivity contribution in [1.29, 1.82) is 0 Å². The molecule has 2 aliphatic carbocycles. The van der Waals surface area contributed by atoms with Crippen molar-refractivity contribution in [2.45, 2.75) is 63.9 Å². The SMILES string of the molecule is CC1CCC(C2CCC(O)C(F)C2F)CC1. The first-order chi connectivity index (χ1) is 7.59. The van der Waals surface area contributed by atoms with E-state index in [9.17, 15) is 13.9 Å². The molecule has 0 bridgehead atoms. The zero-order chi connectivity index (χ0) is 11.7. The van der Waals surface area contributed by atoms with Gasteiger partial charge in [0.1, 0.15) is 6.17 Å². The van der Waals surface area contributed by atoms with Gasteiger partial charge in [0.05, 0.1) is 6.10 Å². The van der Waals surface area contributed by atoms with E-state index < -0.39 is 18.4 Å². The Hall–Kier alpha value is -0.180. The number of aliphatic hydroxyl groups excluding tert-OH is 1. The summed E-state index contributed by atoms with van der Waals surface area (Å²) >= 11 is 0. The van der Waals surface area contributed by atoms with Gasteiger partial charge < -0.3 is 5.11 Å². The molecular weight excluding hydrogens is 210 g/mol. The molecule has 4 atom stereocenters. The van der Waals surface area contributed by atoms with Crippen LogP contribution in [0.15, 0.2) is 0 Å². The Labute approximate surface area is 96.2 Å². The van der Waals surface area contributed by atoms with Gasteiger partial charge in [-0.3, -0.25) is 0 Å². The number of aliphatic hydroxyl groups is 1. The van der Waals surface area contributed by atoms with Crippen LogP contribution in [-0.2, 0) is 0 Å². The van der Waals surface area contributed by atoms with Gasteiger partial charge >= 0.3 is 0 Å². The first-order valence-electron chi connectivity index (χ1n) is 6.55. The largest absolute Gasteiger partial charge is 0.390 e. The lowest BCUT2D eigenvalue weighted by molar-refractivity contribution is -0.0544. The Bertz CT molecular complexity index is 226. The minimum absolute atomic E-state index is 0.147. The summed E-state index contributed by atoms with van der Waals surface area (Å²) in [6.45, 7) is 2.23. The highest BCUT2D eigenvalue weighted by Gasteiger charge is 2.43. The van der Waals surface area contributed by atoms with Crippen LogP contribution in [0.3, 0.4) is 0 Å². The molecule has 0 spiro atoms. The van der Waals surface area contributed by atoms with Crippen molar-refractivity contribution >= 4 is 0 Å². The quantitative estimate of drug-likeness (QED) is 0.735. The summed E-state index contributed by atoms with van der Waals surface area (Å²) in [5.41, 5.74) is 0. The van der Waals surface area contributed by atoms with Crippen LogP contribution >= 0.6 is 0 Å². The summed E-state index contributed by atoms with van der Waals surface area (Å²) in [7, 11) is 0. The molecule has 0 amide bonds. The highest BCUT2D eigenvalue weighted by atomic mass is 19.2. The number of hydrogen-bond donors (Lipinski definition) is 1. The second-order valence-corrected chi connectivity index (χ2v) is 5.72. The van der Waals surface area contributed by atoms with Crippen molar-refractivity contribution in [3.05, 3.63) is 0 Å². The van der Waals surface area contributed by atoms with E-state index in [0.717, 1.165) is 31.6 Å². The number of halogens is 2. The van der Waals surface area contributed by atoms with Gasteiger partial charge in [0.2, 0.25) is 0 Å². The maximum absolute atomic E-state index is 13.8. The van der Waals surface area contributed by atoms with Crippen molar-refractivity contribution in [3.63, 3.8) is 0 Å². The minimum atomic E-state index is -1.65. The molecule has 2 saturated carbocycles. The van der Waals surface area contributed by atoms with Gasteiger partial charge in [0.15, 0.2) is 6.17 Å². The first-order valence-corrected chi connectivity index (χ1v) is 6.55. The standard InChI is InChI=1S/C13H22F2O/c1-8-2-4-9(5-3-8)10-6-7-11(16)13(15)12(10)14/h8-13,16H,2-7H2,1H3. The maximum Gasteiger partial charge on any atom is 0.157 e. The summed E-state index contributed by atoms with van der Waals surface area (Å²) in [6, 6.07) is 0. The third-order valence-electron chi connectivity index (χ3n) is 4.54. The predicted molar refractivity (Wildman–Crippen MR) is 59.6 cm³/mol. The number of rotatable bonds is 1. The first kappa shape index (κ1) is 12.3. The van der Waals surface area contributed by atoms with Gasteiger partial charge in [-0.1, -0.05) is 19.8 Å². The normalized spacial score (nSPS) is 50.2. The van der Waals surface area contributed by atoms with Gasteiger partial charge in [-0.25, -0.2) is 8.78 Å². The summed E-state index contributed by atoms with van der Waals surface area (Å²) in [4.78, 5) is 0. The lowest BCUT2D eigenvalue weighted by Gasteiger charge is -2.39. The fourth-order valence-electron chi connectivity index (χ4n) is 3.34. The molecule has 1 N–H and O–H groups in total. The van der Waals surface area contributed by atoms with Crippen LogP contribution in [0.25, 0.3) is 0 Å². The molecule has 0 aromatic heterocycles. The summed E-state index contributed by atoms with van der Waals surface area (Å²) in [6.07, 6.45) is 1.28. The third kappa shape index (κ3) is 2.39. The Morgan fingerprint density at radius 3 is 2.12 bits per heavy atom. The molecule has 1 nitrogen and oxygen atoms in total. The molecule has 0 aromatic carbocycles. The fraction of sp³-hybridized carbons (Fsp3) is 1.00. The molecule has 2 fully saturated rings. The van der Waals surface area contributed by atoms with Crippen LogP contribution in [0.4, 0.5) is 8.78 Å². The van der Waals surface area contributed by atoms with Gasteiger partial charge in [-0.05, 0) is 43.4 Å². The van der Waals surface area contributed by atoms with E-state index in [0.29, 0.717) is 18.8 Å². The average molecular weight is 232 g/mol. The molecule has 2 rings (SSSR count). The van der Waals surface area contributed by atoms with Crippen molar-refractivity contribution in [3.8, 4) is 0 Å². The maximum atomic E-state index is 13.8. The summed E-state index contributed by atoms with van der Waals surface area (Å²) < 4.78 is 27.3. The molecule has 2 aliphatic rings. The number of hydrogen-bond acceptors (Lipinski definition) is 1. The molecule has 0 radical (unpaired) electrons. The molecule has 0 saturated heterocycles. The van der Waals surface area contributed by atoms with E-state index in [2.05, 4.69) is 6.92 Å². The van der Waals surface area contributed by atoms with Crippen molar-refractivity contribution in [2.24, 2.45) is 17.8 Å². The fourth-order valence-corrected chi connectivity index (χ4v) is 3.34. The van der Waals surface area contributed by atoms with E-state index >= 15 is 0 Å². The second-order valence-electron chi connectivity index (χ2n) is 5.72. The molecule has 0 aliphatic heterocycles. The molecule has 94 valence electrons. The molecule has 16 heavy (non-hydrogen) atoms. The topological polar surface area (TPSA) is 20.2 Å². The highest BCUT2D eigenvalue weighted by molar-refractivity contribution is 4.92. The Morgan fingerprint density at radius 2 is 1.50 bits per heavy atom. The zero-order valence-corrected chi connectivity index (χ0v) is 9.91. The van der Waals surface area contributed by atoms with Crippen LogP contribution in [-0.4, -0.2) is 23.6 Å². The lowest BCUT2D eigenvalue weighted by Crippen LogP contribution is -2.44. The van der Waals surface area contributed by atoms with Crippen molar-refractivity contribution < 1.29 is 13.9 Å². The van der Waals surface area contributed by atoms with Gasteiger partial charge in [0, 0.05) is 0 Å². The van der Waals surface area contributed by atoms with E-state index in [4.69, 9.17) is 0 Å². The van der Waals surface area contributed by atoms with E-state index in [1.807, 2.05) is 0 Å². The smallest absolute Gasteiger partial charge is 0.157 e. The van der Waals surface area contributed by atoms with E-state index in [1.165, 1.54) is 0 Å². The van der Waals surface area contributed by atoms with Crippen LogP contribution in [0, 0.1) is 17.8 Å². The van der Waals surface area contributed by atoms with Crippen molar-refractivity contribution in [1.82, 2.24) is 0 Å².